The smallest absolute Gasteiger partial charge is 0.329 e. The number of carboxylic acid groups (broad SMARTS) is 1. The van der Waals surface area contributed by atoms with Crippen LogP contribution < -0.4 is 0 Å². The van der Waals surface area contributed by atoms with Crippen molar-refractivity contribution in [3.05, 3.63) is 35.9 Å². The average molecular weight is 607 g/mol. The third-order valence-corrected chi connectivity index (χ3v) is 5.06. The zero-order valence-corrected chi connectivity index (χ0v) is 24.8. The second-order valence-corrected chi connectivity index (χ2v) is 8.50. The Bertz CT molecular complexity index is 681. The molecule has 13 heteroatoms. The summed E-state index contributed by atoms with van der Waals surface area (Å²) >= 11 is 0. The lowest BCUT2D eigenvalue weighted by atomic mass is 10.2. The van der Waals surface area contributed by atoms with E-state index in [2.05, 4.69) is 0 Å². The fraction of sp³-hybridized carbons (Fsp3) is 0.759. The van der Waals surface area contributed by atoms with Gasteiger partial charge in [0.1, 0.15) is 6.61 Å². The van der Waals surface area contributed by atoms with Crippen LogP contribution in [-0.2, 0) is 63.5 Å². The van der Waals surface area contributed by atoms with Crippen LogP contribution >= 0.6 is 0 Å². The first-order chi connectivity index (χ1) is 20.8. The molecule has 0 saturated heterocycles. The predicted octanol–water partition coefficient (Wildman–Crippen LogP) is 1.45. The normalized spacial score (nSPS) is 11.3. The molecule has 1 aromatic carbocycles. The molecular formula is C29H50O13. The number of ether oxygens (including phenoxy) is 11. The van der Waals surface area contributed by atoms with E-state index in [1.807, 2.05) is 30.3 Å². The molecule has 0 heterocycles. The van der Waals surface area contributed by atoms with E-state index >= 15 is 0 Å². The van der Waals surface area contributed by atoms with E-state index in [-0.39, 0.29) is 13.2 Å². The van der Waals surface area contributed by atoms with Crippen LogP contribution in [0.15, 0.2) is 30.3 Å². The van der Waals surface area contributed by atoms with E-state index in [4.69, 9.17) is 57.2 Å². The van der Waals surface area contributed by atoms with Gasteiger partial charge >= 0.3 is 5.97 Å². The number of hydrogen-bond acceptors (Lipinski definition) is 12. The van der Waals surface area contributed by atoms with Crippen LogP contribution in [0.25, 0.3) is 0 Å². The van der Waals surface area contributed by atoms with Gasteiger partial charge in [-0.05, 0) is 5.56 Å². The fourth-order valence-electron chi connectivity index (χ4n) is 3.02. The lowest BCUT2D eigenvalue weighted by Gasteiger charge is -2.09. The highest BCUT2D eigenvalue weighted by Crippen LogP contribution is 2.00. The van der Waals surface area contributed by atoms with Gasteiger partial charge in [-0.25, -0.2) is 4.79 Å². The van der Waals surface area contributed by atoms with Gasteiger partial charge in [0, 0.05) is 0 Å². The Hall–Kier alpha value is -1.75. The molecule has 0 unspecified atom stereocenters. The first-order valence-corrected chi connectivity index (χ1v) is 14.4. The van der Waals surface area contributed by atoms with Gasteiger partial charge < -0.3 is 57.2 Å². The molecule has 0 saturated carbocycles. The zero-order valence-electron chi connectivity index (χ0n) is 24.8. The van der Waals surface area contributed by atoms with Gasteiger partial charge in [0.2, 0.25) is 0 Å². The summed E-state index contributed by atoms with van der Waals surface area (Å²) in [6, 6.07) is 10.1. The number of hydrogen-bond donors (Lipinski definition) is 1. The summed E-state index contributed by atoms with van der Waals surface area (Å²) in [5.41, 5.74) is 1.15. The highest BCUT2D eigenvalue weighted by Gasteiger charge is 1.98. The van der Waals surface area contributed by atoms with Gasteiger partial charge in [0.05, 0.1) is 139 Å². The molecular weight excluding hydrogens is 556 g/mol. The molecule has 244 valence electrons. The topological polar surface area (TPSA) is 139 Å². The van der Waals surface area contributed by atoms with Gasteiger partial charge in [-0.3, -0.25) is 0 Å². The van der Waals surface area contributed by atoms with Crippen molar-refractivity contribution in [1.82, 2.24) is 0 Å². The minimum atomic E-state index is -0.995. The molecule has 42 heavy (non-hydrogen) atoms. The molecule has 1 aromatic rings. The van der Waals surface area contributed by atoms with E-state index in [9.17, 15) is 4.79 Å². The highest BCUT2D eigenvalue weighted by molar-refractivity contribution is 5.67. The quantitative estimate of drug-likeness (QED) is 0.113. The maximum absolute atomic E-state index is 10.3. The van der Waals surface area contributed by atoms with E-state index in [0.717, 1.165) is 5.56 Å². The van der Waals surface area contributed by atoms with Crippen LogP contribution in [0, 0.1) is 0 Å². The SMILES string of the molecule is O=C(O)COCCOCCOCCOCCOCCOCCOCCOCCOCCOCCOCc1ccccc1. The van der Waals surface area contributed by atoms with Crippen molar-refractivity contribution in [2.75, 3.05) is 139 Å². The molecule has 0 bridgehead atoms. The summed E-state index contributed by atoms with van der Waals surface area (Å²) in [4.78, 5) is 10.3. The van der Waals surface area contributed by atoms with Crippen LogP contribution in [0.4, 0.5) is 0 Å². The maximum Gasteiger partial charge on any atom is 0.329 e. The number of benzene rings is 1. The molecule has 0 aliphatic carbocycles. The second-order valence-electron chi connectivity index (χ2n) is 8.50. The van der Waals surface area contributed by atoms with Crippen molar-refractivity contribution in [2.24, 2.45) is 0 Å². The Morgan fingerprint density at radius 3 is 0.952 bits per heavy atom. The zero-order chi connectivity index (χ0) is 30.0. The number of aliphatic carboxylic acids is 1. The van der Waals surface area contributed by atoms with Gasteiger partial charge in [-0.15, -0.1) is 0 Å². The first kappa shape index (κ1) is 38.3. The van der Waals surface area contributed by atoms with Crippen molar-refractivity contribution in [3.8, 4) is 0 Å². The summed E-state index contributed by atoms with van der Waals surface area (Å²) in [6.07, 6.45) is 0. The fourth-order valence-corrected chi connectivity index (χ4v) is 3.02. The second kappa shape index (κ2) is 32.2. The van der Waals surface area contributed by atoms with Gasteiger partial charge in [-0.1, -0.05) is 30.3 Å². The van der Waals surface area contributed by atoms with Crippen LogP contribution in [0.1, 0.15) is 5.56 Å². The third kappa shape index (κ3) is 29.7. The molecule has 0 amide bonds. The number of rotatable bonds is 34. The molecule has 0 fully saturated rings. The molecule has 0 radical (unpaired) electrons. The Balaban J connectivity index is 1.62. The molecule has 0 spiro atoms. The van der Waals surface area contributed by atoms with Crippen LogP contribution in [-0.4, -0.2) is 150 Å². The standard InChI is InChI=1S/C29H50O13/c30-29(31)27-42-25-23-40-21-19-38-17-15-36-13-11-34-9-7-32-6-8-33-10-12-35-14-16-37-18-20-39-22-24-41-26-28-4-2-1-3-5-28/h1-5H,6-27H2,(H,30,31). The van der Waals surface area contributed by atoms with E-state index in [1.54, 1.807) is 0 Å². The lowest BCUT2D eigenvalue weighted by molar-refractivity contribution is -0.142. The van der Waals surface area contributed by atoms with E-state index < -0.39 is 5.97 Å². The Labute approximate surface area is 249 Å². The van der Waals surface area contributed by atoms with Crippen molar-refractivity contribution < 1.29 is 62.0 Å². The monoisotopic (exact) mass is 606 g/mol. The average Bonchev–Trinajstić information content (AvgIpc) is 3.00. The van der Waals surface area contributed by atoms with Gasteiger partial charge in [0.15, 0.2) is 0 Å². The lowest BCUT2D eigenvalue weighted by Crippen LogP contribution is -2.15. The van der Waals surface area contributed by atoms with E-state index in [1.165, 1.54) is 0 Å². The van der Waals surface area contributed by atoms with E-state index in [0.29, 0.717) is 132 Å². The summed E-state index contributed by atoms with van der Waals surface area (Å²) in [7, 11) is 0. The summed E-state index contributed by atoms with van der Waals surface area (Å²) in [6.45, 7) is 9.77. The molecule has 1 N–H and O–H groups in total. The van der Waals surface area contributed by atoms with Crippen LogP contribution in [0.5, 0.6) is 0 Å². The molecule has 13 nitrogen and oxygen atoms in total. The number of carboxylic acids is 1. The van der Waals surface area contributed by atoms with Crippen molar-refractivity contribution >= 4 is 5.97 Å². The van der Waals surface area contributed by atoms with Gasteiger partial charge in [-0.2, -0.15) is 0 Å². The summed E-state index contributed by atoms with van der Waals surface area (Å²) in [5, 5.41) is 8.42. The minimum absolute atomic E-state index is 0.243. The molecule has 1 rings (SSSR count). The van der Waals surface area contributed by atoms with Crippen molar-refractivity contribution in [3.63, 3.8) is 0 Å². The summed E-state index contributed by atoms with van der Waals surface area (Å²) < 4.78 is 59.2. The van der Waals surface area contributed by atoms with Gasteiger partial charge in [0.25, 0.3) is 0 Å². The Morgan fingerprint density at radius 1 is 0.405 bits per heavy atom. The third-order valence-electron chi connectivity index (χ3n) is 5.06. The minimum Gasteiger partial charge on any atom is -0.480 e. The van der Waals surface area contributed by atoms with Crippen LogP contribution in [0.2, 0.25) is 0 Å². The molecule has 0 atom stereocenters. The predicted molar refractivity (Wildman–Crippen MR) is 152 cm³/mol. The Kier molecular flexibility index (Phi) is 29.3. The first-order valence-electron chi connectivity index (χ1n) is 14.4. The largest absolute Gasteiger partial charge is 0.480 e. The molecule has 0 aromatic heterocycles. The highest BCUT2D eigenvalue weighted by atomic mass is 16.6. The van der Waals surface area contributed by atoms with Crippen molar-refractivity contribution in [2.45, 2.75) is 6.61 Å². The molecule has 0 aliphatic rings. The van der Waals surface area contributed by atoms with Crippen molar-refractivity contribution in [1.29, 1.82) is 0 Å². The van der Waals surface area contributed by atoms with Crippen LogP contribution in [0.3, 0.4) is 0 Å². The number of carbonyl (C=O) groups is 1. The molecule has 0 aliphatic heterocycles. The summed E-state index contributed by atoms with van der Waals surface area (Å²) in [5.74, 6) is -0.995. The maximum atomic E-state index is 10.3. The Morgan fingerprint density at radius 2 is 0.667 bits per heavy atom.